The fraction of sp³-hybridized carbons (Fsp3) is 0.556. The Bertz CT molecular complexity index is 349. The molecule has 0 heterocycles. The van der Waals surface area contributed by atoms with Crippen LogP contribution < -0.4 is 0 Å². The molecule has 0 aromatic carbocycles. The van der Waals surface area contributed by atoms with Crippen molar-refractivity contribution >= 4 is 36.3 Å². The number of carboxylic acids is 4. The first-order valence-corrected chi connectivity index (χ1v) is 4.67. The van der Waals surface area contributed by atoms with E-state index in [9.17, 15) is 19.2 Å². The van der Waals surface area contributed by atoms with Crippen LogP contribution in [0.4, 0.5) is 0 Å². The Hall–Kier alpha value is -1.83. The molecule has 8 nitrogen and oxygen atoms in total. The summed E-state index contributed by atoms with van der Waals surface area (Å²) in [5.74, 6) is -7.75. The number of aliphatic carboxylic acids is 4. The molecule has 0 atom stereocenters. The van der Waals surface area contributed by atoms with Crippen LogP contribution in [-0.4, -0.2) is 44.3 Å². The first kappa shape index (κ1) is 16.2. The SMILES string of the molecule is Cl.O=C(O)C1(C(=O)O)CCCC1(C(=O)O)C(=O)O. The summed E-state index contributed by atoms with van der Waals surface area (Å²) in [5.41, 5.74) is -5.63. The van der Waals surface area contributed by atoms with Gasteiger partial charge in [-0.25, -0.2) is 0 Å². The average Bonchev–Trinajstić information content (AvgIpc) is 2.58. The maximum Gasteiger partial charge on any atom is 0.322 e. The molecule has 1 rings (SSSR count). The average molecular weight is 283 g/mol. The first-order chi connectivity index (χ1) is 7.73. The number of carbonyl (C=O) groups is 4. The molecule has 1 aliphatic rings. The molecule has 1 aliphatic carbocycles. The standard InChI is InChI=1S/C9H10O8.ClH/c10-4(11)8(5(12)13)2-1-3-9(8,6(14)15)7(16)17;/h1-3H2,(H,10,11)(H,12,13)(H,14,15)(H,16,17);1H. The maximum atomic E-state index is 11.1. The van der Waals surface area contributed by atoms with Gasteiger partial charge in [0, 0.05) is 0 Å². The van der Waals surface area contributed by atoms with Crippen molar-refractivity contribution in [2.75, 3.05) is 0 Å². The topological polar surface area (TPSA) is 149 Å². The summed E-state index contributed by atoms with van der Waals surface area (Å²) in [6.07, 6.45) is -1.12. The predicted molar refractivity (Wildman–Crippen MR) is 56.5 cm³/mol. The van der Waals surface area contributed by atoms with Crippen molar-refractivity contribution in [2.45, 2.75) is 19.3 Å². The van der Waals surface area contributed by atoms with Crippen LogP contribution in [0.3, 0.4) is 0 Å². The van der Waals surface area contributed by atoms with Crippen LogP contribution in [0.5, 0.6) is 0 Å². The van der Waals surface area contributed by atoms with E-state index in [0.29, 0.717) is 0 Å². The van der Waals surface area contributed by atoms with Crippen molar-refractivity contribution in [3.8, 4) is 0 Å². The lowest BCUT2D eigenvalue weighted by Crippen LogP contribution is -2.57. The quantitative estimate of drug-likeness (QED) is 0.522. The Kier molecular flexibility index (Phi) is 4.32. The Morgan fingerprint density at radius 2 is 0.889 bits per heavy atom. The predicted octanol–water partition coefficient (Wildman–Crippen LogP) is -0.0967. The fourth-order valence-electron chi connectivity index (χ4n) is 2.39. The molecule has 0 aromatic heterocycles. The van der Waals surface area contributed by atoms with Crippen LogP contribution in [0.15, 0.2) is 0 Å². The van der Waals surface area contributed by atoms with E-state index in [-0.39, 0.29) is 18.8 Å². The summed E-state index contributed by atoms with van der Waals surface area (Å²) in [6.45, 7) is 0. The minimum Gasteiger partial charge on any atom is -0.480 e. The fourth-order valence-corrected chi connectivity index (χ4v) is 2.39. The summed E-state index contributed by atoms with van der Waals surface area (Å²) >= 11 is 0. The second-order valence-corrected chi connectivity index (χ2v) is 3.88. The van der Waals surface area contributed by atoms with E-state index in [0.717, 1.165) is 0 Å². The molecule has 4 N–H and O–H groups in total. The Morgan fingerprint density at radius 3 is 1.06 bits per heavy atom. The number of hydrogen-bond acceptors (Lipinski definition) is 4. The molecule has 9 heteroatoms. The lowest BCUT2D eigenvalue weighted by atomic mass is 9.65. The van der Waals surface area contributed by atoms with E-state index in [2.05, 4.69) is 0 Å². The van der Waals surface area contributed by atoms with E-state index in [4.69, 9.17) is 20.4 Å². The Balaban J connectivity index is 0.00000289. The van der Waals surface area contributed by atoms with Gasteiger partial charge in [0.2, 0.25) is 0 Å². The molecule has 0 spiro atoms. The summed E-state index contributed by atoms with van der Waals surface area (Å²) in [4.78, 5) is 44.3. The minimum atomic E-state index is -2.81. The van der Waals surface area contributed by atoms with E-state index in [1.54, 1.807) is 0 Å². The molecule has 0 radical (unpaired) electrons. The summed E-state index contributed by atoms with van der Waals surface area (Å²) in [5, 5.41) is 35.8. The zero-order valence-corrected chi connectivity index (χ0v) is 9.77. The monoisotopic (exact) mass is 282 g/mol. The van der Waals surface area contributed by atoms with Gasteiger partial charge in [0.25, 0.3) is 0 Å². The van der Waals surface area contributed by atoms with Gasteiger partial charge in [-0.1, -0.05) is 0 Å². The van der Waals surface area contributed by atoms with Crippen LogP contribution in [0, 0.1) is 10.8 Å². The van der Waals surface area contributed by atoms with E-state index < -0.39 is 47.5 Å². The maximum absolute atomic E-state index is 11.1. The smallest absolute Gasteiger partial charge is 0.322 e. The van der Waals surface area contributed by atoms with Gasteiger partial charge >= 0.3 is 23.9 Å². The van der Waals surface area contributed by atoms with E-state index in [1.165, 1.54) is 0 Å². The van der Waals surface area contributed by atoms with Gasteiger partial charge in [-0.3, -0.25) is 19.2 Å². The van der Waals surface area contributed by atoms with Crippen molar-refractivity contribution < 1.29 is 39.6 Å². The zero-order valence-electron chi connectivity index (χ0n) is 8.95. The van der Waals surface area contributed by atoms with Gasteiger partial charge in [-0.05, 0) is 19.3 Å². The van der Waals surface area contributed by atoms with Crippen LogP contribution in [0.1, 0.15) is 19.3 Å². The Labute approximate surface area is 107 Å². The van der Waals surface area contributed by atoms with Crippen LogP contribution in [0.25, 0.3) is 0 Å². The number of halogens is 1. The van der Waals surface area contributed by atoms with Gasteiger partial charge in [0.1, 0.15) is 0 Å². The number of hydrogen-bond donors (Lipinski definition) is 4. The van der Waals surface area contributed by atoms with Crippen LogP contribution in [0.2, 0.25) is 0 Å². The van der Waals surface area contributed by atoms with Crippen molar-refractivity contribution in [1.82, 2.24) is 0 Å². The molecular formula is C9H11ClO8. The van der Waals surface area contributed by atoms with Gasteiger partial charge in [-0.15, -0.1) is 12.4 Å². The summed E-state index contributed by atoms with van der Waals surface area (Å²) < 4.78 is 0. The van der Waals surface area contributed by atoms with Gasteiger partial charge < -0.3 is 20.4 Å². The highest BCUT2D eigenvalue weighted by Gasteiger charge is 2.73. The molecule has 1 saturated carbocycles. The number of carboxylic acid groups (broad SMARTS) is 4. The van der Waals surface area contributed by atoms with Crippen LogP contribution in [-0.2, 0) is 19.2 Å². The third-order valence-corrected chi connectivity index (χ3v) is 3.29. The van der Waals surface area contributed by atoms with Gasteiger partial charge in [0.15, 0.2) is 10.8 Å². The second-order valence-electron chi connectivity index (χ2n) is 3.88. The third-order valence-electron chi connectivity index (χ3n) is 3.29. The van der Waals surface area contributed by atoms with Crippen molar-refractivity contribution in [3.63, 3.8) is 0 Å². The normalized spacial score (nSPS) is 19.6. The van der Waals surface area contributed by atoms with E-state index >= 15 is 0 Å². The highest BCUT2D eigenvalue weighted by molar-refractivity contribution is 6.13. The first-order valence-electron chi connectivity index (χ1n) is 4.67. The van der Waals surface area contributed by atoms with E-state index in [1.807, 2.05) is 0 Å². The van der Waals surface area contributed by atoms with Crippen LogP contribution >= 0.6 is 12.4 Å². The lowest BCUT2D eigenvalue weighted by molar-refractivity contribution is -0.191. The largest absolute Gasteiger partial charge is 0.480 e. The minimum absolute atomic E-state index is 0. The lowest BCUT2D eigenvalue weighted by Gasteiger charge is -2.32. The van der Waals surface area contributed by atoms with Crippen molar-refractivity contribution in [1.29, 1.82) is 0 Å². The second kappa shape index (κ2) is 4.81. The molecule has 0 amide bonds. The molecule has 18 heavy (non-hydrogen) atoms. The summed E-state index contributed by atoms with van der Waals surface area (Å²) in [7, 11) is 0. The highest BCUT2D eigenvalue weighted by Crippen LogP contribution is 2.54. The molecule has 0 aliphatic heterocycles. The Morgan fingerprint density at radius 1 is 0.667 bits per heavy atom. The zero-order chi connectivity index (χ0) is 13.4. The molecule has 102 valence electrons. The van der Waals surface area contributed by atoms with Crippen molar-refractivity contribution in [2.24, 2.45) is 10.8 Å². The molecule has 0 aromatic rings. The molecular weight excluding hydrogens is 272 g/mol. The highest BCUT2D eigenvalue weighted by atomic mass is 35.5. The molecule has 1 fully saturated rings. The molecule has 0 unspecified atom stereocenters. The molecule has 0 bridgehead atoms. The van der Waals surface area contributed by atoms with Gasteiger partial charge in [-0.2, -0.15) is 0 Å². The summed E-state index contributed by atoms with van der Waals surface area (Å²) in [6, 6.07) is 0. The van der Waals surface area contributed by atoms with Gasteiger partial charge in [0.05, 0.1) is 0 Å². The number of rotatable bonds is 4. The van der Waals surface area contributed by atoms with Crippen molar-refractivity contribution in [3.05, 3.63) is 0 Å². The molecule has 0 saturated heterocycles. The third kappa shape index (κ3) is 1.60.